The molecule has 2 fully saturated rings. The predicted octanol–water partition coefficient (Wildman–Crippen LogP) is 1.57. The van der Waals surface area contributed by atoms with Gasteiger partial charge in [-0.25, -0.2) is 18.7 Å². The number of hydrogen-bond donors (Lipinski definition) is 2. The molecule has 10 heteroatoms. The van der Waals surface area contributed by atoms with Gasteiger partial charge in [-0.05, 0) is 12.0 Å². The number of rotatable bonds is 5. The van der Waals surface area contributed by atoms with E-state index in [1.807, 2.05) is 4.90 Å². The molecule has 1 aliphatic carbocycles. The number of aromatic amines is 1. The molecular weight excluding hydrogens is 382 g/mol. The van der Waals surface area contributed by atoms with E-state index in [2.05, 4.69) is 26.8 Å². The van der Waals surface area contributed by atoms with Crippen LogP contribution in [-0.4, -0.2) is 70.3 Å². The Hall–Kier alpha value is -3.04. The molecule has 2 aromatic heterocycles. The van der Waals surface area contributed by atoms with Crippen LogP contribution >= 0.6 is 0 Å². The molecule has 2 aromatic rings. The summed E-state index contributed by atoms with van der Waals surface area (Å²) in [7, 11) is 0. The number of nitrogens with one attached hydrogen (secondary N) is 2. The van der Waals surface area contributed by atoms with E-state index >= 15 is 0 Å². The van der Waals surface area contributed by atoms with E-state index in [9.17, 15) is 18.4 Å². The van der Waals surface area contributed by atoms with Crippen molar-refractivity contribution in [3.8, 4) is 0 Å². The van der Waals surface area contributed by atoms with Gasteiger partial charge < -0.3 is 20.1 Å². The number of H-pyrrole nitrogens is 1. The van der Waals surface area contributed by atoms with Crippen molar-refractivity contribution < 1.29 is 18.4 Å². The Balaban J connectivity index is 1.43. The number of carbonyl (C=O) groups excluding carboxylic acids is 2. The van der Waals surface area contributed by atoms with E-state index in [-0.39, 0.29) is 37.1 Å². The van der Waals surface area contributed by atoms with Gasteiger partial charge in [-0.15, -0.1) is 0 Å². The second-order valence-electron chi connectivity index (χ2n) is 7.48. The minimum absolute atomic E-state index is 0.0972. The van der Waals surface area contributed by atoms with Crippen molar-refractivity contribution in [2.75, 3.05) is 37.6 Å². The van der Waals surface area contributed by atoms with Crippen LogP contribution in [0.1, 0.15) is 23.2 Å². The van der Waals surface area contributed by atoms with Crippen molar-refractivity contribution in [1.82, 2.24) is 25.2 Å². The summed E-state index contributed by atoms with van der Waals surface area (Å²) in [4.78, 5) is 39.8. The van der Waals surface area contributed by atoms with Crippen LogP contribution in [0.15, 0.2) is 25.0 Å². The van der Waals surface area contributed by atoms with Crippen molar-refractivity contribution in [2.45, 2.75) is 18.8 Å². The smallest absolute Gasteiger partial charge is 0.255 e. The first-order valence-corrected chi connectivity index (χ1v) is 9.53. The molecule has 154 valence electrons. The summed E-state index contributed by atoms with van der Waals surface area (Å²) in [5, 5.41) is 2.71. The lowest BCUT2D eigenvalue weighted by atomic mass is 9.81. The van der Waals surface area contributed by atoms with Gasteiger partial charge in [0.2, 0.25) is 11.8 Å². The fourth-order valence-electron chi connectivity index (χ4n) is 3.75. The van der Waals surface area contributed by atoms with Crippen LogP contribution in [0.2, 0.25) is 0 Å². The number of nitrogens with zero attached hydrogens (tertiary/aromatic N) is 4. The summed E-state index contributed by atoms with van der Waals surface area (Å²) < 4.78 is 25.9. The highest BCUT2D eigenvalue weighted by Crippen LogP contribution is 2.41. The van der Waals surface area contributed by atoms with Crippen molar-refractivity contribution in [3.63, 3.8) is 0 Å². The van der Waals surface area contributed by atoms with Gasteiger partial charge in [-0.3, -0.25) is 9.59 Å². The third-order valence-electron chi connectivity index (χ3n) is 5.43. The molecule has 4 rings (SSSR count). The average Bonchev–Trinajstić information content (AvgIpc) is 3.13. The average molecular weight is 404 g/mol. The van der Waals surface area contributed by atoms with Gasteiger partial charge >= 0.3 is 0 Å². The first kappa shape index (κ1) is 19.3. The van der Waals surface area contributed by atoms with Crippen LogP contribution < -0.4 is 10.2 Å². The molecule has 0 radical (unpaired) electrons. The Kier molecular flexibility index (Phi) is 4.93. The molecule has 0 spiro atoms. The normalized spacial score (nSPS) is 19.1. The van der Waals surface area contributed by atoms with Crippen molar-refractivity contribution in [1.29, 1.82) is 0 Å². The third-order valence-corrected chi connectivity index (χ3v) is 5.43. The Morgan fingerprint density at radius 1 is 1.31 bits per heavy atom. The zero-order valence-electron chi connectivity index (χ0n) is 15.8. The number of hydrogen-bond acceptors (Lipinski definition) is 5. The van der Waals surface area contributed by atoms with E-state index in [0.717, 1.165) is 0 Å². The van der Waals surface area contributed by atoms with E-state index in [0.29, 0.717) is 48.7 Å². The fraction of sp³-hybridized carbons (Fsp3) is 0.474. The molecule has 3 heterocycles. The quantitative estimate of drug-likeness (QED) is 0.738. The number of amides is 2. The maximum atomic E-state index is 12.9. The molecule has 8 nitrogen and oxygen atoms in total. The number of halogens is 2. The van der Waals surface area contributed by atoms with Crippen LogP contribution in [-0.2, 0) is 4.79 Å². The van der Waals surface area contributed by atoms with Crippen LogP contribution in [0.25, 0.3) is 11.2 Å². The molecule has 1 aliphatic heterocycles. The zero-order chi connectivity index (χ0) is 20.6. The zero-order valence-corrected chi connectivity index (χ0v) is 15.8. The summed E-state index contributed by atoms with van der Waals surface area (Å²) >= 11 is 0. The summed E-state index contributed by atoms with van der Waals surface area (Å²) in [5.41, 5.74) is 1.25. The lowest BCUT2D eigenvalue weighted by molar-refractivity contribution is -0.126. The second kappa shape index (κ2) is 7.41. The van der Waals surface area contributed by atoms with Crippen LogP contribution in [0.4, 0.5) is 14.6 Å². The van der Waals surface area contributed by atoms with Gasteiger partial charge in [0.1, 0.15) is 11.3 Å². The van der Waals surface area contributed by atoms with E-state index in [1.165, 1.54) is 12.3 Å². The standard InChI is InChI=1S/C19H22F2N6O2/c1-2-15(28)27-5-3-26(4-6-27)14-11-23-17-16(25-14)13(10-22-17)18(29)24-9-12-7-19(20,21)8-12/h2,10-12H,1,3-9H2,(H,22,23)(H,24,29). The molecule has 1 saturated heterocycles. The van der Waals surface area contributed by atoms with Crippen LogP contribution in [0, 0.1) is 5.92 Å². The van der Waals surface area contributed by atoms with Gasteiger partial charge in [0, 0.05) is 51.8 Å². The summed E-state index contributed by atoms with van der Waals surface area (Å²) in [5.74, 6) is -2.64. The minimum Gasteiger partial charge on any atom is -0.352 e. The number of carbonyl (C=O) groups is 2. The van der Waals surface area contributed by atoms with Crippen LogP contribution in [0.3, 0.4) is 0 Å². The summed E-state index contributed by atoms with van der Waals surface area (Å²) in [6, 6.07) is 0. The molecule has 2 N–H and O–H groups in total. The molecular formula is C19H22F2N6O2. The first-order chi connectivity index (χ1) is 13.9. The van der Waals surface area contributed by atoms with Gasteiger partial charge in [-0.1, -0.05) is 6.58 Å². The number of aromatic nitrogens is 3. The molecule has 2 amide bonds. The molecule has 0 aromatic carbocycles. The first-order valence-electron chi connectivity index (χ1n) is 9.53. The van der Waals surface area contributed by atoms with Gasteiger partial charge in [0.15, 0.2) is 5.65 Å². The van der Waals surface area contributed by atoms with Gasteiger partial charge in [0.05, 0.1) is 11.8 Å². The highest BCUT2D eigenvalue weighted by molar-refractivity contribution is 6.04. The predicted molar refractivity (Wildman–Crippen MR) is 103 cm³/mol. The summed E-state index contributed by atoms with van der Waals surface area (Å²) in [6.07, 6.45) is 4.08. The number of piperazine rings is 1. The monoisotopic (exact) mass is 404 g/mol. The maximum absolute atomic E-state index is 12.9. The Bertz CT molecular complexity index is 943. The molecule has 0 bridgehead atoms. The molecule has 0 unspecified atom stereocenters. The van der Waals surface area contributed by atoms with E-state index < -0.39 is 5.92 Å². The van der Waals surface area contributed by atoms with Crippen LogP contribution in [0.5, 0.6) is 0 Å². The van der Waals surface area contributed by atoms with Crippen molar-refractivity contribution in [2.24, 2.45) is 5.92 Å². The highest BCUT2D eigenvalue weighted by atomic mass is 19.3. The van der Waals surface area contributed by atoms with Gasteiger partial charge in [0.25, 0.3) is 5.91 Å². The number of alkyl halides is 2. The topological polar surface area (TPSA) is 94.2 Å². The largest absolute Gasteiger partial charge is 0.352 e. The van der Waals surface area contributed by atoms with Gasteiger partial charge in [-0.2, -0.15) is 0 Å². The third kappa shape index (κ3) is 3.92. The number of anilines is 1. The minimum atomic E-state index is -2.60. The Morgan fingerprint density at radius 3 is 2.69 bits per heavy atom. The molecule has 29 heavy (non-hydrogen) atoms. The second-order valence-corrected chi connectivity index (χ2v) is 7.48. The lowest BCUT2D eigenvalue weighted by Crippen LogP contribution is -2.48. The van der Waals surface area contributed by atoms with Crippen molar-refractivity contribution >= 4 is 28.8 Å². The SMILES string of the molecule is C=CC(=O)N1CCN(c2cnc3[nH]cc(C(=O)NCC4CC(F)(F)C4)c3n2)CC1. The Labute approximate surface area is 166 Å². The Morgan fingerprint density at radius 2 is 2.03 bits per heavy atom. The maximum Gasteiger partial charge on any atom is 0.255 e. The van der Waals surface area contributed by atoms with E-state index in [4.69, 9.17) is 0 Å². The molecule has 2 aliphatic rings. The summed E-state index contributed by atoms with van der Waals surface area (Å²) in [6.45, 7) is 6.02. The molecule has 1 saturated carbocycles. The van der Waals surface area contributed by atoms with Crippen molar-refractivity contribution in [3.05, 3.63) is 30.6 Å². The molecule has 0 atom stereocenters. The highest BCUT2D eigenvalue weighted by Gasteiger charge is 2.45. The fourth-order valence-corrected chi connectivity index (χ4v) is 3.75. The van der Waals surface area contributed by atoms with E-state index in [1.54, 1.807) is 11.1 Å². The lowest BCUT2D eigenvalue weighted by Gasteiger charge is -2.35. The number of fused-ring (bicyclic) bond motifs is 1.